The van der Waals surface area contributed by atoms with Gasteiger partial charge in [-0.25, -0.2) is 0 Å². The molecule has 2 aromatic carbocycles. The molecular weight excluding hydrogens is 376 g/mol. The van der Waals surface area contributed by atoms with E-state index in [9.17, 15) is 4.79 Å². The van der Waals surface area contributed by atoms with Gasteiger partial charge in [0.15, 0.2) is 0 Å². The summed E-state index contributed by atoms with van der Waals surface area (Å²) in [5, 5.41) is 8.36. The highest BCUT2D eigenvalue weighted by atomic mass is 16.4. The summed E-state index contributed by atoms with van der Waals surface area (Å²) in [4.78, 5) is 17.0. The van der Waals surface area contributed by atoms with Crippen LogP contribution in [-0.2, 0) is 13.0 Å². The van der Waals surface area contributed by atoms with Crippen LogP contribution < -0.4 is 0 Å². The Kier molecular flexibility index (Phi) is 6.23. The third-order valence-electron chi connectivity index (χ3n) is 5.55. The lowest BCUT2D eigenvalue weighted by Gasteiger charge is -2.34. The summed E-state index contributed by atoms with van der Waals surface area (Å²) in [6.07, 6.45) is 0.645. The van der Waals surface area contributed by atoms with E-state index < -0.39 is 0 Å². The Hall–Kier alpha value is -2.99. The van der Waals surface area contributed by atoms with Crippen LogP contribution in [0.5, 0.6) is 0 Å². The van der Waals surface area contributed by atoms with Crippen molar-refractivity contribution >= 4 is 5.91 Å². The molecule has 4 rings (SSSR count). The first-order valence-corrected chi connectivity index (χ1v) is 10.6. The van der Waals surface area contributed by atoms with E-state index in [4.69, 9.17) is 4.42 Å². The number of carbonyl (C=O) groups is 1. The standard InChI is InChI=1S/C24H28N4O2/c1-18(2)20-8-10-21(11-9-20)24(29)28-14-12-27(13-15-28)17-23-26-25-22(30-23)16-19-6-4-3-5-7-19/h3-11,18H,12-17H2,1-2H3. The minimum atomic E-state index is 0.105. The summed E-state index contributed by atoms with van der Waals surface area (Å²) in [5.74, 6) is 1.84. The van der Waals surface area contributed by atoms with Crippen LogP contribution in [0.2, 0.25) is 0 Å². The maximum atomic E-state index is 12.8. The molecule has 30 heavy (non-hydrogen) atoms. The molecule has 6 nitrogen and oxygen atoms in total. The number of nitrogens with zero attached hydrogens (tertiary/aromatic N) is 4. The first kappa shape index (κ1) is 20.3. The van der Waals surface area contributed by atoms with Crippen LogP contribution in [-0.4, -0.2) is 52.1 Å². The molecule has 0 radical (unpaired) electrons. The zero-order valence-corrected chi connectivity index (χ0v) is 17.6. The van der Waals surface area contributed by atoms with Crippen molar-refractivity contribution in [3.8, 4) is 0 Å². The lowest BCUT2D eigenvalue weighted by atomic mass is 10.0. The third-order valence-corrected chi connectivity index (χ3v) is 5.55. The second kappa shape index (κ2) is 9.22. The van der Waals surface area contributed by atoms with Crippen LogP contribution >= 0.6 is 0 Å². The summed E-state index contributed by atoms with van der Waals surface area (Å²) >= 11 is 0. The van der Waals surface area contributed by atoms with Crippen molar-refractivity contribution in [2.24, 2.45) is 0 Å². The fourth-order valence-corrected chi connectivity index (χ4v) is 3.69. The lowest BCUT2D eigenvalue weighted by Crippen LogP contribution is -2.48. The average Bonchev–Trinajstić information content (AvgIpc) is 3.21. The van der Waals surface area contributed by atoms with E-state index in [1.807, 2.05) is 35.2 Å². The molecule has 156 valence electrons. The van der Waals surface area contributed by atoms with Gasteiger partial charge in [-0.15, -0.1) is 10.2 Å². The van der Waals surface area contributed by atoms with Gasteiger partial charge in [-0.3, -0.25) is 9.69 Å². The molecule has 1 aliphatic heterocycles. The van der Waals surface area contributed by atoms with Crippen molar-refractivity contribution in [1.29, 1.82) is 0 Å². The average molecular weight is 405 g/mol. The van der Waals surface area contributed by atoms with Gasteiger partial charge in [0.25, 0.3) is 5.91 Å². The Labute approximate surface area is 177 Å². The molecule has 0 aliphatic carbocycles. The zero-order valence-electron chi connectivity index (χ0n) is 17.6. The summed E-state index contributed by atoms with van der Waals surface area (Å²) in [6, 6.07) is 18.1. The maximum Gasteiger partial charge on any atom is 0.253 e. The molecule has 2 heterocycles. The minimum Gasteiger partial charge on any atom is -0.424 e. The molecule has 1 amide bonds. The number of piperazine rings is 1. The number of rotatable bonds is 6. The Bertz CT molecular complexity index is 958. The molecule has 0 unspecified atom stereocenters. The number of aromatic nitrogens is 2. The van der Waals surface area contributed by atoms with E-state index in [2.05, 4.69) is 53.2 Å². The van der Waals surface area contributed by atoms with E-state index in [-0.39, 0.29) is 5.91 Å². The SMILES string of the molecule is CC(C)c1ccc(C(=O)N2CCN(Cc3nnc(Cc4ccccc4)o3)CC2)cc1. The normalized spacial score (nSPS) is 15.0. The molecule has 1 saturated heterocycles. The van der Waals surface area contributed by atoms with Crippen LogP contribution in [0.4, 0.5) is 0 Å². The summed E-state index contributed by atoms with van der Waals surface area (Å²) in [7, 11) is 0. The molecule has 6 heteroatoms. The second-order valence-corrected chi connectivity index (χ2v) is 8.10. The van der Waals surface area contributed by atoms with Gasteiger partial charge in [-0.2, -0.15) is 0 Å². The Morgan fingerprint density at radius 1 is 0.933 bits per heavy atom. The topological polar surface area (TPSA) is 62.5 Å². The largest absolute Gasteiger partial charge is 0.424 e. The van der Waals surface area contributed by atoms with E-state index in [1.54, 1.807) is 0 Å². The summed E-state index contributed by atoms with van der Waals surface area (Å²) < 4.78 is 5.82. The van der Waals surface area contributed by atoms with Gasteiger partial charge in [0, 0.05) is 31.7 Å². The molecule has 0 spiro atoms. The van der Waals surface area contributed by atoms with Gasteiger partial charge in [0.2, 0.25) is 11.8 Å². The van der Waals surface area contributed by atoms with E-state index in [0.29, 0.717) is 43.8 Å². The Morgan fingerprint density at radius 3 is 2.27 bits per heavy atom. The fraction of sp³-hybridized carbons (Fsp3) is 0.375. The predicted octanol–water partition coefficient (Wildman–Crippen LogP) is 3.74. The molecule has 3 aromatic rings. The Morgan fingerprint density at radius 2 is 1.60 bits per heavy atom. The zero-order chi connectivity index (χ0) is 20.9. The smallest absolute Gasteiger partial charge is 0.253 e. The maximum absolute atomic E-state index is 12.8. The number of hydrogen-bond acceptors (Lipinski definition) is 5. The van der Waals surface area contributed by atoms with Gasteiger partial charge >= 0.3 is 0 Å². The van der Waals surface area contributed by atoms with Crippen molar-refractivity contribution in [2.75, 3.05) is 26.2 Å². The highest BCUT2D eigenvalue weighted by Gasteiger charge is 2.23. The van der Waals surface area contributed by atoms with E-state index in [0.717, 1.165) is 24.2 Å². The van der Waals surface area contributed by atoms with Gasteiger partial charge in [-0.05, 0) is 29.2 Å². The van der Waals surface area contributed by atoms with Gasteiger partial charge in [-0.1, -0.05) is 56.3 Å². The number of benzene rings is 2. The molecule has 1 aromatic heterocycles. The highest BCUT2D eigenvalue weighted by molar-refractivity contribution is 5.94. The van der Waals surface area contributed by atoms with Crippen molar-refractivity contribution in [1.82, 2.24) is 20.0 Å². The highest BCUT2D eigenvalue weighted by Crippen LogP contribution is 2.17. The van der Waals surface area contributed by atoms with Gasteiger partial charge in [0.1, 0.15) is 0 Å². The van der Waals surface area contributed by atoms with Crippen molar-refractivity contribution in [2.45, 2.75) is 32.7 Å². The molecule has 1 fully saturated rings. The molecular formula is C24H28N4O2. The minimum absolute atomic E-state index is 0.105. The second-order valence-electron chi connectivity index (χ2n) is 8.10. The van der Waals surface area contributed by atoms with Crippen molar-refractivity contribution in [3.63, 3.8) is 0 Å². The first-order valence-electron chi connectivity index (χ1n) is 10.6. The lowest BCUT2D eigenvalue weighted by molar-refractivity contribution is 0.0617. The molecule has 0 saturated carbocycles. The monoisotopic (exact) mass is 404 g/mol. The van der Waals surface area contributed by atoms with Crippen molar-refractivity contribution < 1.29 is 9.21 Å². The van der Waals surface area contributed by atoms with E-state index >= 15 is 0 Å². The molecule has 0 N–H and O–H groups in total. The summed E-state index contributed by atoms with van der Waals surface area (Å²) in [5.41, 5.74) is 3.17. The quantitative estimate of drug-likeness (QED) is 0.626. The van der Waals surface area contributed by atoms with Crippen molar-refractivity contribution in [3.05, 3.63) is 83.1 Å². The number of amides is 1. The van der Waals surface area contributed by atoms with Crippen LogP contribution in [0.3, 0.4) is 0 Å². The molecule has 1 aliphatic rings. The number of hydrogen-bond donors (Lipinski definition) is 0. The summed E-state index contributed by atoms with van der Waals surface area (Å²) in [6.45, 7) is 7.94. The van der Waals surface area contributed by atoms with E-state index in [1.165, 1.54) is 5.56 Å². The number of carbonyl (C=O) groups excluding carboxylic acids is 1. The Balaban J connectivity index is 1.28. The molecule has 0 atom stereocenters. The van der Waals surface area contributed by atoms with Gasteiger partial charge in [0.05, 0.1) is 13.0 Å². The first-order chi connectivity index (χ1) is 14.6. The molecule has 0 bridgehead atoms. The van der Waals surface area contributed by atoms with Crippen LogP contribution in [0.25, 0.3) is 0 Å². The van der Waals surface area contributed by atoms with Crippen LogP contribution in [0, 0.1) is 0 Å². The van der Waals surface area contributed by atoms with Gasteiger partial charge < -0.3 is 9.32 Å². The van der Waals surface area contributed by atoms with Crippen LogP contribution in [0.1, 0.15) is 53.0 Å². The van der Waals surface area contributed by atoms with Crippen LogP contribution in [0.15, 0.2) is 59.0 Å². The fourth-order valence-electron chi connectivity index (χ4n) is 3.69. The predicted molar refractivity (Wildman–Crippen MR) is 115 cm³/mol. The third kappa shape index (κ3) is 4.94.